The first kappa shape index (κ1) is 21.0. The van der Waals surface area contributed by atoms with Gasteiger partial charge >= 0.3 is 5.69 Å². The number of aromatic nitrogens is 6. The summed E-state index contributed by atoms with van der Waals surface area (Å²) in [6.45, 7) is 0.278. The Morgan fingerprint density at radius 1 is 1.00 bits per heavy atom. The van der Waals surface area contributed by atoms with E-state index in [1.807, 2.05) is 24.3 Å². The van der Waals surface area contributed by atoms with Gasteiger partial charge in [-0.2, -0.15) is 0 Å². The Morgan fingerprint density at radius 3 is 2.32 bits per heavy atom. The summed E-state index contributed by atoms with van der Waals surface area (Å²) in [5.41, 5.74) is 9.82. The average molecular weight is 459 g/mol. The van der Waals surface area contributed by atoms with Crippen molar-refractivity contribution < 1.29 is 9.90 Å². The number of benzene rings is 2. The highest BCUT2D eigenvalue weighted by molar-refractivity contribution is 5.97. The molecule has 172 valence electrons. The average Bonchev–Trinajstić information content (AvgIpc) is 3.47. The molecule has 1 amide bonds. The van der Waals surface area contributed by atoms with Crippen molar-refractivity contribution >= 4 is 33.8 Å². The number of H-pyrrole nitrogens is 4. The van der Waals surface area contributed by atoms with Gasteiger partial charge in [0.1, 0.15) is 17.5 Å². The van der Waals surface area contributed by atoms with Crippen LogP contribution >= 0.6 is 0 Å². The van der Waals surface area contributed by atoms with E-state index in [4.69, 9.17) is 11.1 Å². The van der Waals surface area contributed by atoms with Crippen LogP contribution < -0.4 is 16.7 Å². The Bertz CT molecular complexity index is 1600. The first-order chi connectivity index (χ1) is 16.3. The highest BCUT2D eigenvalue weighted by Gasteiger charge is 2.12. The van der Waals surface area contributed by atoms with E-state index in [2.05, 4.69) is 35.2 Å². The van der Waals surface area contributed by atoms with Crippen molar-refractivity contribution in [1.82, 2.24) is 35.2 Å². The van der Waals surface area contributed by atoms with Crippen molar-refractivity contribution in [2.24, 2.45) is 5.73 Å². The second kappa shape index (κ2) is 8.24. The first-order valence-corrected chi connectivity index (χ1v) is 10.4. The number of hydrogen-bond donors (Lipinski definition) is 8. The van der Waals surface area contributed by atoms with Gasteiger partial charge in [0.2, 0.25) is 11.8 Å². The van der Waals surface area contributed by atoms with E-state index in [1.54, 1.807) is 12.1 Å². The van der Waals surface area contributed by atoms with Crippen LogP contribution in [0.5, 0.6) is 5.88 Å². The first-order valence-electron chi connectivity index (χ1n) is 10.4. The maximum Gasteiger partial charge on any atom is 0.325 e. The standard InChI is InChI=1S/C22H21N9O3/c23-20(24)11-2-4-13-15(6-11)29-18(27-13)8-17-26-12-3-1-10(5-14(12)28-17)9-25-19(32)7-16-21(33)31-22(34)30-16/h1-6,33H,7-9H2,(H3,23,24)(H,25,32)(H,26,28)(H,27,29)(H2,30,31,34). The smallest absolute Gasteiger partial charge is 0.325 e. The van der Waals surface area contributed by atoms with Crippen molar-refractivity contribution in [2.75, 3.05) is 0 Å². The predicted octanol–water partition coefficient (Wildman–Crippen LogP) is 0.895. The van der Waals surface area contributed by atoms with E-state index in [0.29, 0.717) is 12.0 Å². The molecule has 2 aromatic carbocycles. The number of aromatic amines is 4. The number of rotatable bonds is 7. The minimum Gasteiger partial charge on any atom is -0.493 e. The Hall–Kier alpha value is -4.87. The van der Waals surface area contributed by atoms with Gasteiger partial charge in [0.25, 0.3) is 0 Å². The third-order valence-corrected chi connectivity index (χ3v) is 5.38. The lowest BCUT2D eigenvalue weighted by Gasteiger charge is -2.05. The topological polar surface area (TPSA) is 205 Å². The van der Waals surface area contributed by atoms with E-state index >= 15 is 0 Å². The molecule has 12 nitrogen and oxygen atoms in total. The molecular formula is C22H21N9O3. The molecule has 0 aliphatic heterocycles. The Labute approximate surface area is 191 Å². The van der Waals surface area contributed by atoms with E-state index in [0.717, 1.165) is 39.3 Å². The van der Waals surface area contributed by atoms with E-state index < -0.39 is 5.69 Å². The maximum atomic E-state index is 12.1. The number of amides is 1. The molecule has 0 aliphatic carbocycles. The fraction of sp³-hybridized carbons (Fsp3) is 0.136. The molecule has 5 rings (SSSR count). The van der Waals surface area contributed by atoms with Crippen LogP contribution in [0, 0.1) is 5.41 Å². The Balaban J connectivity index is 1.26. The van der Waals surface area contributed by atoms with Crippen LogP contribution in [0.4, 0.5) is 0 Å². The van der Waals surface area contributed by atoms with Gasteiger partial charge in [-0.05, 0) is 35.9 Å². The van der Waals surface area contributed by atoms with Crippen molar-refractivity contribution in [3.63, 3.8) is 0 Å². The molecule has 3 heterocycles. The van der Waals surface area contributed by atoms with Crippen LogP contribution in [0.1, 0.15) is 28.5 Å². The summed E-state index contributed by atoms with van der Waals surface area (Å²) >= 11 is 0. The number of nitrogen functional groups attached to an aromatic ring is 1. The third kappa shape index (κ3) is 4.24. The van der Waals surface area contributed by atoms with Gasteiger partial charge in [0.05, 0.1) is 40.6 Å². The largest absolute Gasteiger partial charge is 0.493 e. The molecule has 0 atom stereocenters. The number of nitrogens with zero attached hydrogens (tertiary/aromatic N) is 2. The lowest BCUT2D eigenvalue weighted by molar-refractivity contribution is -0.120. The number of nitrogens with one attached hydrogen (secondary N) is 6. The number of amidine groups is 1. The zero-order valence-electron chi connectivity index (χ0n) is 17.8. The lowest BCUT2D eigenvalue weighted by atomic mass is 10.2. The summed E-state index contributed by atoms with van der Waals surface area (Å²) in [6.07, 6.45) is 0.315. The van der Waals surface area contributed by atoms with Gasteiger partial charge in [0.15, 0.2) is 0 Å². The van der Waals surface area contributed by atoms with Crippen LogP contribution in [-0.4, -0.2) is 46.8 Å². The van der Waals surface area contributed by atoms with E-state index in [1.165, 1.54) is 0 Å². The maximum absolute atomic E-state index is 12.1. The number of imidazole rings is 3. The van der Waals surface area contributed by atoms with Crippen molar-refractivity contribution in [3.8, 4) is 5.88 Å². The molecule has 34 heavy (non-hydrogen) atoms. The predicted molar refractivity (Wildman–Crippen MR) is 125 cm³/mol. The number of aromatic hydroxyl groups is 1. The number of fused-ring (bicyclic) bond motifs is 2. The minimum absolute atomic E-state index is 0.000115. The second-order valence-electron chi connectivity index (χ2n) is 7.90. The van der Waals surface area contributed by atoms with Crippen LogP contribution in [0.25, 0.3) is 22.1 Å². The Kier molecular flexibility index (Phi) is 5.09. The van der Waals surface area contributed by atoms with Crippen LogP contribution in [0.15, 0.2) is 41.2 Å². The summed E-state index contributed by atoms with van der Waals surface area (Å²) in [4.78, 5) is 43.6. The number of carbonyl (C=O) groups excluding carboxylic acids is 1. The Morgan fingerprint density at radius 2 is 1.68 bits per heavy atom. The molecule has 0 bridgehead atoms. The summed E-state index contributed by atoms with van der Waals surface area (Å²) in [6, 6.07) is 11.0. The summed E-state index contributed by atoms with van der Waals surface area (Å²) in [7, 11) is 0. The molecule has 0 fully saturated rings. The van der Waals surface area contributed by atoms with Crippen LogP contribution in [0.3, 0.4) is 0 Å². The molecule has 0 radical (unpaired) electrons. The normalized spacial score (nSPS) is 11.3. The van der Waals surface area contributed by atoms with Gasteiger partial charge in [0, 0.05) is 12.1 Å². The monoisotopic (exact) mass is 459 g/mol. The lowest BCUT2D eigenvalue weighted by Crippen LogP contribution is -2.24. The SMILES string of the molecule is N=C(N)c1ccc2nc(Cc3nc4ccc(CNC(=O)Cc5[nH]c(=O)[nH]c5O)cc4[nH]3)[nH]c2c1. The second-order valence-corrected chi connectivity index (χ2v) is 7.90. The molecule has 0 unspecified atom stereocenters. The van der Waals surface area contributed by atoms with Gasteiger partial charge in [-0.3, -0.25) is 15.2 Å². The highest BCUT2D eigenvalue weighted by atomic mass is 16.3. The van der Waals surface area contributed by atoms with Crippen molar-refractivity contribution in [3.05, 3.63) is 75.4 Å². The molecule has 9 N–H and O–H groups in total. The number of carbonyl (C=O) groups is 1. The number of nitrogens with two attached hydrogens (primary N) is 1. The number of hydrogen-bond acceptors (Lipinski definition) is 6. The highest BCUT2D eigenvalue weighted by Crippen LogP contribution is 2.18. The molecular weight excluding hydrogens is 438 g/mol. The van der Waals surface area contributed by atoms with Gasteiger partial charge in [-0.15, -0.1) is 0 Å². The molecule has 0 saturated carbocycles. The summed E-state index contributed by atoms with van der Waals surface area (Å²) < 4.78 is 0. The van der Waals surface area contributed by atoms with Gasteiger partial charge in [-0.25, -0.2) is 14.8 Å². The zero-order chi connectivity index (χ0) is 23.8. The zero-order valence-corrected chi connectivity index (χ0v) is 17.8. The summed E-state index contributed by atoms with van der Waals surface area (Å²) in [5.74, 6) is 0.783. The quantitative estimate of drug-likeness (QED) is 0.131. The van der Waals surface area contributed by atoms with Crippen molar-refractivity contribution in [2.45, 2.75) is 19.4 Å². The minimum atomic E-state index is -0.566. The molecule has 5 aromatic rings. The fourth-order valence-corrected chi connectivity index (χ4v) is 3.74. The third-order valence-electron chi connectivity index (χ3n) is 5.38. The van der Waals surface area contributed by atoms with Crippen molar-refractivity contribution in [1.29, 1.82) is 5.41 Å². The molecule has 0 saturated heterocycles. The van der Waals surface area contributed by atoms with E-state index in [-0.39, 0.29) is 36.3 Å². The van der Waals surface area contributed by atoms with Gasteiger partial charge < -0.3 is 31.1 Å². The molecule has 0 aliphatic rings. The van der Waals surface area contributed by atoms with Crippen LogP contribution in [0.2, 0.25) is 0 Å². The molecule has 12 heteroatoms. The molecule has 3 aromatic heterocycles. The molecule has 0 spiro atoms. The fourth-order valence-electron chi connectivity index (χ4n) is 3.74. The summed E-state index contributed by atoms with van der Waals surface area (Å²) in [5, 5.41) is 19.9. The van der Waals surface area contributed by atoms with Gasteiger partial charge in [-0.1, -0.05) is 6.07 Å². The van der Waals surface area contributed by atoms with E-state index in [9.17, 15) is 14.7 Å². The van der Waals surface area contributed by atoms with Crippen LogP contribution in [-0.2, 0) is 24.2 Å².